The molecule has 0 aromatic heterocycles. The number of nitrogens with zero attached hydrogens (tertiary/aromatic N) is 1. The summed E-state index contributed by atoms with van der Waals surface area (Å²) in [6, 6.07) is 10.4. The average molecular weight is 276 g/mol. The van der Waals surface area contributed by atoms with E-state index < -0.39 is 0 Å². The Morgan fingerprint density at radius 2 is 1.95 bits per heavy atom. The van der Waals surface area contributed by atoms with Crippen LogP contribution in [-0.4, -0.2) is 44.7 Å². The van der Waals surface area contributed by atoms with Crippen molar-refractivity contribution in [2.45, 2.75) is 32.0 Å². The molecule has 0 atom stereocenters. The Morgan fingerprint density at radius 1 is 1.20 bits per heavy atom. The van der Waals surface area contributed by atoms with Crippen LogP contribution in [-0.2, 0) is 11.3 Å². The second-order valence-electron chi connectivity index (χ2n) is 6.12. The Labute approximate surface area is 123 Å². The molecule has 1 aromatic carbocycles. The number of rotatable bonds is 9. The van der Waals surface area contributed by atoms with E-state index in [9.17, 15) is 0 Å². The van der Waals surface area contributed by atoms with Gasteiger partial charge < -0.3 is 15.0 Å². The van der Waals surface area contributed by atoms with Crippen LogP contribution >= 0.6 is 0 Å². The Kier molecular flexibility index (Phi) is 6.51. The Balaban J connectivity index is 1.46. The maximum atomic E-state index is 5.92. The van der Waals surface area contributed by atoms with Crippen molar-refractivity contribution in [3.63, 3.8) is 0 Å². The van der Waals surface area contributed by atoms with Crippen molar-refractivity contribution in [2.75, 3.05) is 33.7 Å². The zero-order chi connectivity index (χ0) is 14.2. The van der Waals surface area contributed by atoms with E-state index in [1.165, 1.54) is 31.4 Å². The molecule has 3 nitrogen and oxygen atoms in total. The van der Waals surface area contributed by atoms with Crippen LogP contribution in [0.4, 0.5) is 0 Å². The van der Waals surface area contributed by atoms with Crippen LogP contribution in [0.1, 0.15) is 24.8 Å². The van der Waals surface area contributed by atoms with Gasteiger partial charge in [-0.15, -0.1) is 0 Å². The minimum atomic E-state index is 0.476. The topological polar surface area (TPSA) is 24.5 Å². The highest BCUT2D eigenvalue weighted by atomic mass is 16.5. The fourth-order valence-corrected chi connectivity index (χ4v) is 2.59. The molecular formula is C17H28N2O. The van der Waals surface area contributed by atoms with Gasteiger partial charge in [0, 0.05) is 0 Å². The molecule has 112 valence electrons. The largest absolute Gasteiger partial charge is 0.374 e. The zero-order valence-corrected chi connectivity index (χ0v) is 12.8. The molecule has 1 fully saturated rings. The summed E-state index contributed by atoms with van der Waals surface area (Å²) in [5.41, 5.74) is 1.28. The van der Waals surface area contributed by atoms with Gasteiger partial charge in [-0.3, -0.25) is 0 Å². The summed E-state index contributed by atoms with van der Waals surface area (Å²) < 4.78 is 5.92. The normalized spacial score (nSPS) is 21.9. The predicted molar refractivity (Wildman–Crippen MR) is 83.8 cm³/mol. The summed E-state index contributed by atoms with van der Waals surface area (Å²) in [5, 5.41) is 3.55. The molecule has 0 amide bonds. The van der Waals surface area contributed by atoms with Crippen molar-refractivity contribution in [2.24, 2.45) is 5.92 Å². The molecule has 0 heterocycles. The molecule has 1 N–H and O–H groups in total. The summed E-state index contributed by atoms with van der Waals surface area (Å²) in [6.45, 7) is 4.21. The van der Waals surface area contributed by atoms with E-state index in [0.29, 0.717) is 6.10 Å². The summed E-state index contributed by atoms with van der Waals surface area (Å²) in [5.74, 6) is 0.815. The number of hydrogen-bond donors (Lipinski definition) is 1. The summed E-state index contributed by atoms with van der Waals surface area (Å²) >= 11 is 0. The van der Waals surface area contributed by atoms with E-state index in [0.717, 1.165) is 25.6 Å². The molecule has 1 saturated carbocycles. The number of ether oxygens (including phenoxy) is 1. The molecule has 0 spiro atoms. The van der Waals surface area contributed by atoms with Crippen molar-refractivity contribution in [1.29, 1.82) is 0 Å². The molecular weight excluding hydrogens is 248 g/mol. The SMILES string of the molecule is CN(C)CCCNCC1CC(OCc2ccccc2)C1. The highest BCUT2D eigenvalue weighted by Crippen LogP contribution is 2.30. The Hall–Kier alpha value is -0.900. The van der Waals surface area contributed by atoms with E-state index in [4.69, 9.17) is 4.74 Å². The first-order valence-electron chi connectivity index (χ1n) is 7.75. The predicted octanol–water partition coefficient (Wildman–Crippen LogP) is 2.52. The highest BCUT2D eigenvalue weighted by Gasteiger charge is 2.29. The summed E-state index contributed by atoms with van der Waals surface area (Å²) in [7, 11) is 4.25. The molecule has 3 heteroatoms. The lowest BCUT2D eigenvalue weighted by Gasteiger charge is -2.35. The monoisotopic (exact) mass is 276 g/mol. The standard InChI is InChI=1S/C17H28N2O/c1-19(2)10-6-9-18-13-16-11-17(12-16)20-14-15-7-4-3-5-8-15/h3-5,7-8,16-18H,6,9-14H2,1-2H3. The van der Waals surface area contributed by atoms with Crippen LogP contribution in [0.2, 0.25) is 0 Å². The average Bonchev–Trinajstić information content (AvgIpc) is 2.40. The van der Waals surface area contributed by atoms with Gasteiger partial charge in [0.1, 0.15) is 0 Å². The van der Waals surface area contributed by atoms with Crippen LogP contribution in [0.5, 0.6) is 0 Å². The van der Waals surface area contributed by atoms with E-state index in [2.05, 4.69) is 48.6 Å². The lowest BCUT2D eigenvalue weighted by Crippen LogP contribution is -2.38. The molecule has 1 aliphatic rings. The Bertz CT molecular complexity index is 361. The molecule has 20 heavy (non-hydrogen) atoms. The fraction of sp³-hybridized carbons (Fsp3) is 0.647. The van der Waals surface area contributed by atoms with Crippen molar-refractivity contribution in [3.8, 4) is 0 Å². The van der Waals surface area contributed by atoms with Gasteiger partial charge >= 0.3 is 0 Å². The van der Waals surface area contributed by atoms with Gasteiger partial charge in [-0.1, -0.05) is 30.3 Å². The third kappa shape index (κ3) is 5.61. The molecule has 0 unspecified atom stereocenters. The third-order valence-electron chi connectivity index (χ3n) is 3.91. The zero-order valence-electron chi connectivity index (χ0n) is 12.8. The quantitative estimate of drug-likeness (QED) is 0.701. The number of nitrogens with one attached hydrogen (secondary N) is 1. The van der Waals surface area contributed by atoms with Crippen LogP contribution < -0.4 is 5.32 Å². The number of benzene rings is 1. The molecule has 1 aromatic rings. The van der Waals surface area contributed by atoms with Gasteiger partial charge in [0.15, 0.2) is 0 Å². The van der Waals surface area contributed by atoms with Crippen LogP contribution in [0.3, 0.4) is 0 Å². The van der Waals surface area contributed by atoms with Crippen LogP contribution in [0, 0.1) is 5.92 Å². The second-order valence-corrected chi connectivity index (χ2v) is 6.12. The lowest BCUT2D eigenvalue weighted by atomic mass is 9.82. The Morgan fingerprint density at radius 3 is 2.65 bits per heavy atom. The smallest absolute Gasteiger partial charge is 0.0720 e. The van der Waals surface area contributed by atoms with Gasteiger partial charge in [0.25, 0.3) is 0 Å². The fourth-order valence-electron chi connectivity index (χ4n) is 2.59. The van der Waals surface area contributed by atoms with Gasteiger partial charge in [-0.05, 0) is 64.5 Å². The van der Waals surface area contributed by atoms with Gasteiger partial charge in [-0.2, -0.15) is 0 Å². The van der Waals surface area contributed by atoms with Gasteiger partial charge in [0.2, 0.25) is 0 Å². The minimum absolute atomic E-state index is 0.476. The van der Waals surface area contributed by atoms with Gasteiger partial charge in [-0.25, -0.2) is 0 Å². The molecule has 0 aliphatic heterocycles. The molecule has 0 saturated heterocycles. The first kappa shape index (κ1) is 15.5. The van der Waals surface area contributed by atoms with Crippen molar-refractivity contribution < 1.29 is 4.74 Å². The molecule has 1 aliphatic carbocycles. The molecule has 0 bridgehead atoms. The van der Waals surface area contributed by atoms with E-state index >= 15 is 0 Å². The summed E-state index contributed by atoms with van der Waals surface area (Å²) in [6.07, 6.45) is 4.14. The third-order valence-corrected chi connectivity index (χ3v) is 3.91. The van der Waals surface area contributed by atoms with E-state index in [1.807, 2.05) is 6.07 Å². The maximum absolute atomic E-state index is 5.92. The van der Waals surface area contributed by atoms with Crippen molar-refractivity contribution in [1.82, 2.24) is 10.2 Å². The molecule has 0 radical (unpaired) electrons. The first-order valence-corrected chi connectivity index (χ1v) is 7.75. The van der Waals surface area contributed by atoms with E-state index in [-0.39, 0.29) is 0 Å². The first-order chi connectivity index (χ1) is 9.74. The summed E-state index contributed by atoms with van der Waals surface area (Å²) in [4.78, 5) is 2.23. The minimum Gasteiger partial charge on any atom is -0.374 e. The maximum Gasteiger partial charge on any atom is 0.0720 e. The van der Waals surface area contributed by atoms with E-state index in [1.54, 1.807) is 0 Å². The lowest BCUT2D eigenvalue weighted by molar-refractivity contribution is -0.0395. The highest BCUT2D eigenvalue weighted by molar-refractivity contribution is 5.13. The van der Waals surface area contributed by atoms with Crippen molar-refractivity contribution >= 4 is 0 Å². The number of hydrogen-bond acceptors (Lipinski definition) is 3. The van der Waals surface area contributed by atoms with Gasteiger partial charge in [0.05, 0.1) is 12.7 Å². The van der Waals surface area contributed by atoms with Crippen molar-refractivity contribution in [3.05, 3.63) is 35.9 Å². The van der Waals surface area contributed by atoms with Crippen LogP contribution in [0.15, 0.2) is 30.3 Å². The van der Waals surface area contributed by atoms with Crippen LogP contribution in [0.25, 0.3) is 0 Å². The second kappa shape index (κ2) is 8.40. The molecule has 2 rings (SSSR count).